The number of allylic oxidation sites excluding steroid dienone is 1. The summed E-state index contributed by atoms with van der Waals surface area (Å²) in [5, 5.41) is 0. The van der Waals surface area contributed by atoms with E-state index in [0.717, 1.165) is 43.8 Å². The molecule has 0 amide bonds. The number of hydroxylamine groups is 1. The van der Waals surface area contributed by atoms with E-state index in [-0.39, 0.29) is 11.6 Å². The van der Waals surface area contributed by atoms with Gasteiger partial charge in [0.2, 0.25) is 0 Å². The van der Waals surface area contributed by atoms with E-state index in [9.17, 15) is 4.79 Å². The van der Waals surface area contributed by atoms with Gasteiger partial charge >= 0.3 is 5.97 Å². The zero-order valence-electron chi connectivity index (χ0n) is 11.4. The second-order valence-corrected chi connectivity index (χ2v) is 5.23. The highest BCUT2D eigenvalue weighted by Gasteiger charge is 2.42. The van der Waals surface area contributed by atoms with Crippen LogP contribution >= 0.6 is 0 Å². The van der Waals surface area contributed by atoms with E-state index in [4.69, 9.17) is 9.57 Å². The van der Waals surface area contributed by atoms with Gasteiger partial charge < -0.3 is 14.5 Å². The van der Waals surface area contributed by atoms with Crippen LogP contribution in [0.3, 0.4) is 0 Å². The molecule has 1 N–H and O–H groups in total. The molecule has 1 spiro atoms. The number of ether oxygens (including phenoxy) is 1. The van der Waals surface area contributed by atoms with Gasteiger partial charge in [-0.3, -0.25) is 0 Å². The molecule has 0 atom stereocenters. The Bertz CT molecular complexity index is 357. The first-order chi connectivity index (χ1) is 8.54. The van der Waals surface area contributed by atoms with Gasteiger partial charge in [-0.2, -0.15) is 0 Å². The molecule has 5 nitrogen and oxygen atoms in total. The quantitative estimate of drug-likeness (QED) is 0.775. The summed E-state index contributed by atoms with van der Waals surface area (Å²) in [6, 6.07) is 0. The normalized spacial score (nSPS) is 23.1. The predicted octanol–water partition coefficient (Wildman–Crippen LogP) is 1.56. The zero-order chi connectivity index (χ0) is 13.2. The Balaban J connectivity index is 1.90. The van der Waals surface area contributed by atoms with Crippen molar-refractivity contribution in [1.29, 1.82) is 0 Å². The minimum Gasteiger partial charge on any atom is -0.489 e. The molecule has 0 unspecified atom stereocenters. The van der Waals surface area contributed by atoms with Crippen LogP contribution in [0.15, 0.2) is 11.5 Å². The third kappa shape index (κ3) is 2.77. The maximum Gasteiger partial charge on any atom is 0.331 e. The Morgan fingerprint density at radius 3 is 2.78 bits per heavy atom. The molecule has 0 aromatic heterocycles. The lowest BCUT2D eigenvalue weighted by molar-refractivity contribution is -0.149. The van der Waals surface area contributed by atoms with Gasteiger partial charge in [-0.05, 0) is 14.0 Å². The molecule has 0 radical (unpaired) electrons. The largest absolute Gasteiger partial charge is 0.489 e. The van der Waals surface area contributed by atoms with Crippen LogP contribution in [0.4, 0.5) is 0 Å². The van der Waals surface area contributed by atoms with Crippen LogP contribution in [0.25, 0.3) is 0 Å². The molecule has 0 aromatic rings. The lowest BCUT2D eigenvalue weighted by Gasteiger charge is -2.37. The summed E-state index contributed by atoms with van der Waals surface area (Å²) >= 11 is 0. The van der Waals surface area contributed by atoms with E-state index >= 15 is 0 Å². The molecule has 2 rings (SSSR count). The molecule has 1 fully saturated rings. The average Bonchev–Trinajstić information content (AvgIpc) is 2.67. The van der Waals surface area contributed by atoms with Crippen molar-refractivity contribution in [2.75, 3.05) is 20.1 Å². The van der Waals surface area contributed by atoms with Crippen LogP contribution in [0.2, 0.25) is 0 Å². The first-order valence-corrected chi connectivity index (χ1v) is 6.58. The van der Waals surface area contributed by atoms with Gasteiger partial charge in [0, 0.05) is 38.8 Å². The van der Waals surface area contributed by atoms with Crippen molar-refractivity contribution in [3.05, 3.63) is 11.5 Å². The topological polar surface area (TPSA) is 50.8 Å². The van der Waals surface area contributed by atoms with E-state index in [0.29, 0.717) is 6.42 Å². The standard InChI is InChI=1S/C13H22N2O3/c1-4-12(16)18-14-11-9-13(17-10(11)2)5-7-15(3)8-6-13/h14H,4-9H2,1-3H3. The van der Waals surface area contributed by atoms with Gasteiger partial charge in [0.1, 0.15) is 11.4 Å². The number of piperidine rings is 1. The number of nitrogens with one attached hydrogen (secondary N) is 1. The molecule has 5 heteroatoms. The highest BCUT2D eigenvalue weighted by molar-refractivity contribution is 5.68. The van der Waals surface area contributed by atoms with E-state index in [1.54, 1.807) is 6.92 Å². The molecule has 0 bridgehead atoms. The number of hydrogen-bond donors (Lipinski definition) is 1. The van der Waals surface area contributed by atoms with E-state index in [1.807, 2.05) is 6.92 Å². The Hall–Kier alpha value is -1.23. The molecule has 0 saturated carbocycles. The SMILES string of the molecule is CCC(=O)ONC1=C(C)OC2(CCN(C)CC2)C1. The number of rotatable bonds is 3. The Morgan fingerprint density at radius 1 is 1.50 bits per heavy atom. The van der Waals surface area contributed by atoms with Crippen LogP contribution < -0.4 is 5.48 Å². The summed E-state index contributed by atoms with van der Waals surface area (Å²) in [4.78, 5) is 18.4. The average molecular weight is 254 g/mol. The molecule has 2 aliphatic heterocycles. The second kappa shape index (κ2) is 5.18. The molecular formula is C13H22N2O3. The third-order valence-corrected chi connectivity index (χ3v) is 3.77. The Labute approximate surface area is 108 Å². The minimum atomic E-state index is -0.250. The first-order valence-electron chi connectivity index (χ1n) is 6.58. The molecule has 18 heavy (non-hydrogen) atoms. The summed E-state index contributed by atoms with van der Waals surface area (Å²) in [5.41, 5.74) is 3.57. The van der Waals surface area contributed by atoms with Crippen molar-refractivity contribution in [3.8, 4) is 0 Å². The number of likely N-dealkylation sites (tertiary alicyclic amines) is 1. The monoisotopic (exact) mass is 254 g/mol. The lowest BCUT2D eigenvalue weighted by Crippen LogP contribution is -2.43. The number of nitrogens with zero attached hydrogens (tertiary/aromatic N) is 1. The summed E-state index contributed by atoms with van der Waals surface area (Å²) in [7, 11) is 2.13. The molecule has 2 heterocycles. The van der Waals surface area contributed by atoms with Crippen molar-refractivity contribution in [3.63, 3.8) is 0 Å². The van der Waals surface area contributed by atoms with E-state index in [1.165, 1.54) is 0 Å². The van der Waals surface area contributed by atoms with Crippen molar-refractivity contribution in [1.82, 2.24) is 10.4 Å². The molecule has 0 aromatic carbocycles. The summed E-state index contributed by atoms with van der Waals surface area (Å²) in [6.45, 7) is 5.80. The summed E-state index contributed by atoms with van der Waals surface area (Å²) in [5.74, 6) is 0.600. The van der Waals surface area contributed by atoms with Gasteiger partial charge in [0.15, 0.2) is 0 Å². The van der Waals surface area contributed by atoms with Crippen molar-refractivity contribution in [2.45, 2.75) is 45.1 Å². The van der Waals surface area contributed by atoms with Gasteiger partial charge in [0.05, 0.1) is 5.70 Å². The fourth-order valence-corrected chi connectivity index (χ4v) is 2.47. The van der Waals surface area contributed by atoms with Crippen molar-refractivity contribution < 1.29 is 14.4 Å². The Kier molecular flexibility index (Phi) is 3.80. The Morgan fingerprint density at radius 2 is 2.17 bits per heavy atom. The van der Waals surface area contributed by atoms with Gasteiger partial charge in [-0.1, -0.05) is 6.92 Å². The van der Waals surface area contributed by atoms with Crippen LogP contribution in [0.5, 0.6) is 0 Å². The highest BCUT2D eigenvalue weighted by Crippen LogP contribution is 2.39. The molecule has 102 valence electrons. The maximum atomic E-state index is 11.1. The smallest absolute Gasteiger partial charge is 0.331 e. The summed E-state index contributed by atoms with van der Waals surface area (Å²) in [6.07, 6.45) is 3.22. The number of carbonyl (C=O) groups is 1. The van der Waals surface area contributed by atoms with Gasteiger partial charge in [0.25, 0.3) is 0 Å². The molecular weight excluding hydrogens is 232 g/mol. The fourth-order valence-electron chi connectivity index (χ4n) is 2.47. The first kappa shape index (κ1) is 13.2. The molecule has 1 saturated heterocycles. The van der Waals surface area contributed by atoms with E-state index < -0.39 is 0 Å². The maximum absolute atomic E-state index is 11.1. The van der Waals surface area contributed by atoms with Crippen molar-refractivity contribution in [2.24, 2.45) is 0 Å². The van der Waals surface area contributed by atoms with E-state index in [2.05, 4.69) is 17.4 Å². The third-order valence-electron chi connectivity index (χ3n) is 3.77. The second-order valence-electron chi connectivity index (χ2n) is 5.23. The van der Waals surface area contributed by atoms with Crippen LogP contribution in [-0.4, -0.2) is 36.6 Å². The number of carbonyl (C=O) groups excluding carboxylic acids is 1. The minimum absolute atomic E-state index is 0.0858. The fraction of sp³-hybridized carbons (Fsp3) is 0.769. The molecule has 0 aliphatic carbocycles. The summed E-state index contributed by atoms with van der Waals surface area (Å²) < 4.78 is 6.02. The van der Waals surface area contributed by atoms with Crippen LogP contribution in [0.1, 0.15) is 39.5 Å². The molecule has 2 aliphatic rings. The lowest BCUT2D eigenvalue weighted by atomic mass is 9.88. The van der Waals surface area contributed by atoms with Gasteiger partial charge in [-0.25, -0.2) is 10.3 Å². The predicted molar refractivity (Wildman–Crippen MR) is 67.4 cm³/mol. The van der Waals surface area contributed by atoms with Crippen LogP contribution in [0, 0.1) is 0 Å². The van der Waals surface area contributed by atoms with Crippen LogP contribution in [-0.2, 0) is 14.4 Å². The highest BCUT2D eigenvalue weighted by atomic mass is 16.7. The zero-order valence-corrected chi connectivity index (χ0v) is 11.4. The van der Waals surface area contributed by atoms with Gasteiger partial charge in [-0.15, -0.1) is 0 Å². The number of hydrogen-bond acceptors (Lipinski definition) is 5. The van der Waals surface area contributed by atoms with Crippen molar-refractivity contribution >= 4 is 5.97 Å².